The molecule has 0 fully saturated rings. The fourth-order valence-corrected chi connectivity index (χ4v) is 2.28. The monoisotopic (exact) mass is 307 g/mol. The summed E-state index contributed by atoms with van der Waals surface area (Å²) < 4.78 is 5.26. The maximum absolute atomic E-state index is 11.7. The third-order valence-corrected chi connectivity index (χ3v) is 3.57. The van der Waals surface area contributed by atoms with Crippen LogP contribution in [0.25, 0.3) is 0 Å². The summed E-state index contributed by atoms with van der Waals surface area (Å²) in [6.45, 7) is 3.04. The van der Waals surface area contributed by atoms with Gasteiger partial charge in [-0.15, -0.1) is 0 Å². The number of nitrogens with zero attached hydrogens (tertiary/aromatic N) is 1. The molecule has 1 aromatic rings. The Kier molecular flexibility index (Phi) is 8.60. The summed E-state index contributed by atoms with van der Waals surface area (Å²) >= 11 is 0. The molecule has 0 aliphatic heterocycles. The molecule has 1 aromatic carbocycles. The van der Waals surface area contributed by atoms with Gasteiger partial charge in [-0.3, -0.25) is 4.79 Å². The molecule has 0 atom stereocenters. The zero-order valence-electron chi connectivity index (χ0n) is 14.1. The molecule has 0 aromatic heterocycles. The Morgan fingerprint density at radius 3 is 2.59 bits per heavy atom. The predicted octanol–water partition coefficient (Wildman–Crippen LogP) is 3.76. The Hall–Kier alpha value is -1.55. The number of hydrogen-bond acceptors (Lipinski definition) is 4. The molecule has 1 rings (SSSR count). The van der Waals surface area contributed by atoms with E-state index in [0.29, 0.717) is 12.2 Å². The number of phenolic OH excluding ortho intramolecular Hbond substituents is 1. The van der Waals surface area contributed by atoms with Crippen molar-refractivity contribution in [1.82, 2.24) is 4.90 Å². The number of benzene rings is 1. The first kappa shape index (κ1) is 18.5. The van der Waals surface area contributed by atoms with Crippen molar-refractivity contribution < 1.29 is 14.6 Å². The van der Waals surface area contributed by atoms with E-state index in [1.54, 1.807) is 12.1 Å². The summed E-state index contributed by atoms with van der Waals surface area (Å²) in [6, 6.07) is 5.15. The van der Waals surface area contributed by atoms with Crippen LogP contribution in [0.1, 0.15) is 51.0 Å². The lowest BCUT2D eigenvalue weighted by Gasteiger charge is -2.10. The van der Waals surface area contributed by atoms with Gasteiger partial charge in [0.15, 0.2) is 0 Å². The second-order valence-corrected chi connectivity index (χ2v) is 5.98. The van der Waals surface area contributed by atoms with Crippen molar-refractivity contribution in [1.29, 1.82) is 0 Å². The summed E-state index contributed by atoms with van der Waals surface area (Å²) in [6.07, 6.45) is 6.70. The number of carbonyl (C=O) groups excluding carboxylic acids is 1. The number of unbranched alkanes of at least 4 members (excludes halogenated alkanes) is 3. The van der Waals surface area contributed by atoms with Crippen molar-refractivity contribution in [2.45, 2.75) is 51.9 Å². The Morgan fingerprint density at radius 1 is 1.18 bits per heavy atom. The first-order valence-electron chi connectivity index (χ1n) is 8.20. The highest BCUT2D eigenvalue weighted by atomic mass is 16.5. The van der Waals surface area contributed by atoms with Gasteiger partial charge in [-0.1, -0.05) is 32.3 Å². The van der Waals surface area contributed by atoms with Crippen LogP contribution in [0.2, 0.25) is 0 Å². The van der Waals surface area contributed by atoms with Crippen LogP contribution in [0.4, 0.5) is 0 Å². The molecule has 0 heterocycles. The third kappa shape index (κ3) is 7.46. The van der Waals surface area contributed by atoms with E-state index in [1.165, 1.54) is 19.3 Å². The Balaban J connectivity index is 2.42. The van der Waals surface area contributed by atoms with E-state index in [4.69, 9.17) is 4.74 Å². The van der Waals surface area contributed by atoms with Crippen LogP contribution >= 0.6 is 0 Å². The molecule has 0 unspecified atom stereocenters. The van der Waals surface area contributed by atoms with Gasteiger partial charge >= 0.3 is 5.97 Å². The minimum atomic E-state index is -0.253. The molecule has 124 valence electrons. The molecule has 4 nitrogen and oxygen atoms in total. The van der Waals surface area contributed by atoms with E-state index in [-0.39, 0.29) is 11.7 Å². The van der Waals surface area contributed by atoms with Gasteiger partial charge in [-0.25, -0.2) is 0 Å². The van der Waals surface area contributed by atoms with Crippen molar-refractivity contribution in [3.05, 3.63) is 23.8 Å². The molecule has 0 saturated carbocycles. The van der Waals surface area contributed by atoms with Crippen LogP contribution in [0.15, 0.2) is 18.2 Å². The molecule has 0 aliphatic carbocycles. The molecule has 4 heteroatoms. The zero-order chi connectivity index (χ0) is 16.4. The summed E-state index contributed by atoms with van der Waals surface area (Å²) in [7, 11) is 3.95. The van der Waals surface area contributed by atoms with Gasteiger partial charge in [-0.05, 0) is 51.5 Å². The number of rotatable bonds is 10. The van der Waals surface area contributed by atoms with Crippen LogP contribution < -0.4 is 4.74 Å². The van der Waals surface area contributed by atoms with Crippen molar-refractivity contribution in [2.75, 3.05) is 20.6 Å². The minimum absolute atomic E-state index is 0.218. The van der Waals surface area contributed by atoms with Crippen molar-refractivity contribution in [2.24, 2.45) is 0 Å². The summed E-state index contributed by atoms with van der Waals surface area (Å²) in [5.41, 5.74) is 0.920. The Morgan fingerprint density at radius 2 is 1.95 bits per heavy atom. The maximum atomic E-state index is 11.7. The summed E-state index contributed by atoms with van der Waals surface area (Å²) in [5, 5.41) is 10.0. The van der Waals surface area contributed by atoms with Gasteiger partial charge in [0.1, 0.15) is 11.5 Å². The number of aromatic hydroxyl groups is 1. The van der Waals surface area contributed by atoms with Gasteiger partial charge in [0, 0.05) is 12.5 Å². The van der Waals surface area contributed by atoms with Gasteiger partial charge in [0.2, 0.25) is 0 Å². The summed E-state index contributed by atoms with van der Waals surface area (Å²) in [5.74, 6) is 0.386. The highest BCUT2D eigenvalue weighted by Gasteiger charge is 2.08. The van der Waals surface area contributed by atoms with E-state index in [2.05, 4.69) is 6.92 Å². The topological polar surface area (TPSA) is 49.8 Å². The largest absolute Gasteiger partial charge is 0.508 e. The van der Waals surface area contributed by atoms with E-state index in [9.17, 15) is 9.90 Å². The molecular weight excluding hydrogens is 278 g/mol. The first-order valence-corrected chi connectivity index (χ1v) is 8.20. The average Bonchev–Trinajstić information content (AvgIpc) is 2.45. The second-order valence-electron chi connectivity index (χ2n) is 5.98. The van der Waals surface area contributed by atoms with E-state index >= 15 is 0 Å². The zero-order valence-corrected chi connectivity index (χ0v) is 14.1. The van der Waals surface area contributed by atoms with Crippen LogP contribution in [0.3, 0.4) is 0 Å². The molecule has 22 heavy (non-hydrogen) atoms. The van der Waals surface area contributed by atoms with Gasteiger partial charge < -0.3 is 14.7 Å². The number of carbonyl (C=O) groups is 1. The smallest absolute Gasteiger partial charge is 0.311 e. The first-order chi connectivity index (χ1) is 10.5. The van der Waals surface area contributed by atoms with E-state index in [0.717, 1.165) is 31.4 Å². The van der Waals surface area contributed by atoms with Crippen LogP contribution in [0, 0.1) is 0 Å². The molecule has 1 N–H and O–H groups in total. The lowest BCUT2D eigenvalue weighted by Crippen LogP contribution is -2.16. The average molecular weight is 307 g/mol. The molecule has 0 aliphatic rings. The van der Waals surface area contributed by atoms with E-state index < -0.39 is 0 Å². The van der Waals surface area contributed by atoms with Crippen molar-refractivity contribution in [3.8, 4) is 11.5 Å². The molecule has 0 spiro atoms. The number of aryl methyl sites for hydroxylation is 1. The number of ether oxygens (including phenoxy) is 1. The molecule has 0 radical (unpaired) electrons. The lowest BCUT2D eigenvalue weighted by molar-refractivity contribution is -0.134. The number of phenols is 1. The summed E-state index contributed by atoms with van der Waals surface area (Å²) in [4.78, 5) is 13.7. The molecule has 0 saturated heterocycles. The van der Waals surface area contributed by atoms with Crippen molar-refractivity contribution in [3.63, 3.8) is 0 Å². The van der Waals surface area contributed by atoms with Crippen LogP contribution in [0.5, 0.6) is 11.5 Å². The van der Waals surface area contributed by atoms with Gasteiger partial charge in [0.05, 0.1) is 0 Å². The maximum Gasteiger partial charge on any atom is 0.311 e. The highest BCUT2D eigenvalue weighted by Crippen LogP contribution is 2.25. The molecule has 0 amide bonds. The Bertz CT molecular complexity index is 458. The van der Waals surface area contributed by atoms with E-state index in [1.807, 2.05) is 25.1 Å². The third-order valence-electron chi connectivity index (χ3n) is 3.57. The van der Waals surface area contributed by atoms with Gasteiger partial charge in [-0.2, -0.15) is 0 Å². The van der Waals surface area contributed by atoms with Crippen molar-refractivity contribution >= 4 is 5.97 Å². The number of hydrogen-bond donors (Lipinski definition) is 1. The molecular formula is C18H29NO3. The number of esters is 1. The quantitative estimate of drug-likeness (QED) is 0.406. The highest BCUT2D eigenvalue weighted by molar-refractivity contribution is 5.72. The van der Waals surface area contributed by atoms with Crippen LogP contribution in [-0.4, -0.2) is 36.6 Å². The molecule has 0 bridgehead atoms. The fraction of sp³-hybridized carbons (Fsp3) is 0.611. The normalized spacial score (nSPS) is 10.9. The standard InChI is InChI=1S/C18H29NO3/c1-4-5-6-7-9-15-11-12-16(14-17(15)20)22-18(21)10-8-13-19(2)3/h11-12,14,20H,4-10,13H2,1-3H3. The van der Waals surface area contributed by atoms with Crippen LogP contribution in [-0.2, 0) is 11.2 Å². The van der Waals surface area contributed by atoms with Gasteiger partial charge in [0.25, 0.3) is 0 Å². The lowest BCUT2D eigenvalue weighted by atomic mass is 10.1. The Labute approximate surface area is 134 Å². The predicted molar refractivity (Wildman–Crippen MR) is 89.4 cm³/mol. The fourth-order valence-electron chi connectivity index (χ4n) is 2.28. The minimum Gasteiger partial charge on any atom is -0.508 e. The SMILES string of the molecule is CCCCCCc1ccc(OC(=O)CCCN(C)C)cc1O. The second kappa shape index (κ2) is 10.2.